The molecule has 0 aliphatic rings. The Bertz CT molecular complexity index is 587. The Morgan fingerprint density at radius 3 is 2.80 bits per heavy atom. The normalized spacial score (nSPS) is 10.6. The van der Waals surface area contributed by atoms with Crippen LogP contribution in [0.4, 0.5) is 8.78 Å². The molecule has 2 rings (SSSR count). The summed E-state index contributed by atoms with van der Waals surface area (Å²) in [4.78, 5) is 3.84. The first-order valence-electron chi connectivity index (χ1n) is 6.08. The molecule has 1 aromatic heterocycles. The molecule has 6 heteroatoms. The number of nitrogens with zero attached hydrogens (tertiary/aromatic N) is 1. The second-order valence-corrected chi connectivity index (χ2v) is 4.99. The van der Waals surface area contributed by atoms with Crippen LogP contribution in [0.25, 0.3) is 0 Å². The van der Waals surface area contributed by atoms with Crippen LogP contribution in [-0.2, 0) is 6.54 Å². The predicted molar refractivity (Wildman–Crippen MR) is 75.7 cm³/mol. The second-order valence-electron chi connectivity index (χ2n) is 4.08. The summed E-state index contributed by atoms with van der Waals surface area (Å²) in [6, 6.07) is 5.58. The molecule has 3 nitrogen and oxygen atoms in total. The standard InChI is InChI=1S/C14H13BrF2N2O/c1-2-18-8-9-3-4-19-14(13(9)17)20-12-6-10(15)5-11(16)7-12/h3-7,18H,2,8H2,1H3. The van der Waals surface area contributed by atoms with E-state index in [1.165, 1.54) is 18.3 Å². The molecule has 1 aromatic carbocycles. The number of benzene rings is 1. The first-order chi connectivity index (χ1) is 9.60. The van der Waals surface area contributed by atoms with Gasteiger partial charge < -0.3 is 10.1 Å². The topological polar surface area (TPSA) is 34.2 Å². The van der Waals surface area contributed by atoms with Crippen LogP contribution < -0.4 is 10.1 Å². The van der Waals surface area contributed by atoms with Crippen molar-refractivity contribution in [3.63, 3.8) is 0 Å². The number of hydrogen-bond acceptors (Lipinski definition) is 3. The monoisotopic (exact) mass is 342 g/mol. The van der Waals surface area contributed by atoms with E-state index < -0.39 is 11.6 Å². The van der Waals surface area contributed by atoms with E-state index in [0.29, 0.717) is 16.6 Å². The van der Waals surface area contributed by atoms with Crippen molar-refractivity contribution in [2.75, 3.05) is 6.54 Å². The zero-order chi connectivity index (χ0) is 14.5. The molecule has 0 radical (unpaired) electrons. The summed E-state index contributed by atoms with van der Waals surface area (Å²) in [7, 11) is 0. The lowest BCUT2D eigenvalue weighted by Crippen LogP contribution is -2.13. The number of pyridine rings is 1. The van der Waals surface area contributed by atoms with Gasteiger partial charge in [-0.05, 0) is 24.7 Å². The number of nitrogens with one attached hydrogen (secondary N) is 1. The number of ether oxygens (including phenoxy) is 1. The predicted octanol–water partition coefficient (Wildman–Crippen LogP) is 4.02. The average molecular weight is 343 g/mol. The molecule has 0 aliphatic carbocycles. The van der Waals surface area contributed by atoms with Crippen LogP contribution >= 0.6 is 15.9 Å². The van der Waals surface area contributed by atoms with E-state index in [4.69, 9.17) is 4.74 Å². The average Bonchev–Trinajstić information content (AvgIpc) is 2.38. The van der Waals surface area contributed by atoms with Gasteiger partial charge in [-0.1, -0.05) is 22.9 Å². The largest absolute Gasteiger partial charge is 0.436 e. The minimum absolute atomic E-state index is 0.169. The first kappa shape index (κ1) is 14.9. The van der Waals surface area contributed by atoms with Crippen LogP contribution in [0.3, 0.4) is 0 Å². The molecule has 0 aliphatic heterocycles. The maximum Gasteiger partial charge on any atom is 0.256 e. The van der Waals surface area contributed by atoms with Crippen molar-refractivity contribution < 1.29 is 13.5 Å². The zero-order valence-corrected chi connectivity index (χ0v) is 12.4. The quantitative estimate of drug-likeness (QED) is 0.890. The van der Waals surface area contributed by atoms with Crippen LogP contribution in [0.1, 0.15) is 12.5 Å². The van der Waals surface area contributed by atoms with Gasteiger partial charge in [0.25, 0.3) is 5.88 Å². The maximum atomic E-state index is 14.1. The van der Waals surface area contributed by atoms with Crippen LogP contribution in [0.2, 0.25) is 0 Å². The Balaban J connectivity index is 2.24. The Labute approximate surface area is 124 Å². The fourth-order valence-electron chi connectivity index (χ4n) is 1.63. The Morgan fingerprint density at radius 2 is 2.10 bits per heavy atom. The smallest absolute Gasteiger partial charge is 0.256 e. The summed E-state index contributed by atoms with van der Waals surface area (Å²) >= 11 is 3.15. The Hall–Kier alpha value is -1.53. The third-order valence-corrected chi connectivity index (χ3v) is 3.01. The van der Waals surface area contributed by atoms with Gasteiger partial charge in [-0.2, -0.15) is 0 Å². The van der Waals surface area contributed by atoms with Gasteiger partial charge in [-0.3, -0.25) is 0 Å². The highest BCUT2D eigenvalue weighted by Crippen LogP contribution is 2.27. The van der Waals surface area contributed by atoms with Gasteiger partial charge in [-0.25, -0.2) is 13.8 Å². The number of hydrogen-bond donors (Lipinski definition) is 1. The van der Waals surface area contributed by atoms with Gasteiger partial charge in [0.1, 0.15) is 11.6 Å². The van der Waals surface area contributed by atoms with E-state index in [-0.39, 0.29) is 11.6 Å². The van der Waals surface area contributed by atoms with Crippen molar-refractivity contribution >= 4 is 15.9 Å². The molecule has 0 fully saturated rings. The Morgan fingerprint density at radius 1 is 1.30 bits per heavy atom. The highest BCUT2D eigenvalue weighted by molar-refractivity contribution is 9.10. The minimum Gasteiger partial charge on any atom is -0.436 e. The van der Waals surface area contributed by atoms with Gasteiger partial charge in [0.2, 0.25) is 0 Å². The van der Waals surface area contributed by atoms with Crippen molar-refractivity contribution in [1.29, 1.82) is 0 Å². The van der Waals surface area contributed by atoms with E-state index >= 15 is 0 Å². The fourth-order valence-corrected chi connectivity index (χ4v) is 2.07. The van der Waals surface area contributed by atoms with E-state index in [1.54, 1.807) is 12.1 Å². The highest BCUT2D eigenvalue weighted by atomic mass is 79.9. The lowest BCUT2D eigenvalue weighted by atomic mass is 10.2. The summed E-state index contributed by atoms with van der Waals surface area (Å²) in [6.07, 6.45) is 1.46. The summed E-state index contributed by atoms with van der Waals surface area (Å²) in [6.45, 7) is 3.05. The zero-order valence-electron chi connectivity index (χ0n) is 10.8. The van der Waals surface area contributed by atoms with Crippen molar-refractivity contribution in [3.05, 3.63) is 52.1 Å². The third kappa shape index (κ3) is 3.74. The number of halogens is 3. The molecule has 0 spiro atoms. The number of aromatic nitrogens is 1. The van der Waals surface area contributed by atoms with E-state index in [1.807, 2.05) is 6.92 Å². The summed E-state index contributed by atoms with van der Waals surface area (Å²) in [5, 5.41) is 3.02. The molecule has 0 unspecified atom stereocenters. The summed E-state index contributed by atoms with van der Waals surface area (Å²) < 4.78 is 33.2. The number of rotatable bonds is 5. The highest BCUT2D eigenvalue weighted by Gasteiger charge is 2.12. The van der Waals surface area contributed by atoms with Crippen molar-refractivity contribution in [3.8, 4) is 11.6 Å². The molecule has 106 valence electrons. The molecule has 1 N–H and O–H groups in total. The minimum atomic E-state index is -0.547. The third-order valence-electron chi connectivity index (χ3n) is 2.55. The van der Waals surface area contributed by atoms with Gasteiger partial charge in [0.05, 0.1) is 0 Å². The van der Waals surface area contributed by atoms with Crippen LogP contribution in [0, 0.1) is 11.6 Å². The fraction of sp³-hybridized carbons (Fsp3) is 0.214. The van der Waals surface area contributed by atoms with Gasteiger partial charge in [-0.15, -0.1) is 0 Å². The first-order valence-corrected chi connectivity index (χ1v) is 6.87. The van der Waals surface area contributed by atoms with Gasteiger partial charge in [0.15, 0.2) is 5.82 Å². The molecule has 0 amide bonds. The van der Waals surface area contributed by atoms with Crippen LogP contribution in [0.5, 0.6) is 11.6 Å². The molecule has 0 atom stereocenters. The summed E-state index contributed by atoms with van der Waals surface area (Å²) in [5.74, 6) is -1.01. The summed E-state index contributed by atoms with van der Waals surface area (Å²) in [5.41, 5.74) is 0.451. The molecular weight excluding hydrogens is 330 g/mol. The second kappa shape index (κ2) is 6.76. The molecule has 0 saturated heterocycles. The van der Waals surface area contributed by atoms with Crippen LogP contribution in [0.15, 0.2) is 34.9 Å². The maximum absolute atomic E-state index is 14.1. The lowest BCUT2D eigenvalue weighted by molar-refractivity contribution is 0.414. The SMILES string of the molecule is CCNCc1ccnc(Oc2cc(F)cc(Br)c2)c1F. The van der Waals surface area contributed by atoms with Crippen LogP contribution in [-0.4, -0.2) is 11.5 Å². The molecule has 20 heavy (non-hydrogen) atoms. The van der Waals surface area contributed by atoms with Crippen molar-refractivity contribution in [1.82, 2.24) is 10.3 Å². The molecule has 0 saturated carbocycles. The van der Waals surface area contributed by atoms with Gasteiger partial charge >= 0.3 is 0 Å². The van der Waals surface area contributed by atoms with Crippen molar-refractivity contribution in [2.45, 2.75) is 13.5 Å². The molecular formula is C14H13BrF2N2O. The van der Waals surface area contributed by atoms with E-state index in [2.05, 4.69) is 26.2 Å². The molecule has 2 aromatic rings. The van der Waals surface area contributed by atoms with Crippen molar-refractivity contribution in [2.24, 2.45) is 0 Å². The van der Waals surface area contributed by atoms with Gasteiger partial charge in [0, 0.05) is 28.8 Å². The Kier molecular flexibility index (Phi) is 5.03. The molecule has 1 heterocycles. The molecule has 0 bridgehead atoms. The lowest BCUT2D eigenvalue weighted by Gasteiger charge is -2.09. The van der Waals surface area contributed by atoms with E-state index in [9.17, 15) is 8.78 Å². The van der Waals surface area contributed by atoms with E-state index in [0.717, 1.165) is 6.54 Å².